The molecule has 72 valence electrons. The van der Waals surface area contributed by atoms with Crippen molar-refractivity contribution in [3.05, 3.63) is 44.7 Å². The van der Waals surface area contributed by atoms with Crippen LogP contribution in [0.3, 0.4) is 0 Å². The molecule has 1 aromatic heterocycles. The first-order valence-corrected chi connectivity index (χ1v) is 4.15. The average Bonchev–Trinajstić information content (AvgIpc) is 2.19. The lowest BCUT2D eigenvalue weighted by Crippen LogP contribution is -2.12. The van der Waals surface area contributed by atoms with E-state index in [0.717, 1.165) is 6.20 Å². The van der Waals surface area contributed by atoms with Crippen LogP contribution in [0.5, 0.6) is 0 Å². The largest absolute Gasteiger partial charge is 0.355 e. The number of aromatic amines is 1. The van der Waals surface area contributed by atoms with Crippen LogP contribution in [0.25, 0.3) is 10.9 Å². The molecule has 15 heavy (non-hydrogen) atoms. The second kappa shape index (κ2) is 3.23. The summed E-state index contributed by atoms with van der Waals surface area (Å²) in [5.41, 5.74) is -0.178. The molecule has 0 bridgehead atoms. The van der Waals surface area contributed by atoms with E-state index in [1.54, 1.807) is 12.1 Å². The molecule has 2 radical (unpaired) electrons. The molecular formula is C9H5BN2O3. The summed E-state index contributed by atoms with van der Waals surface area (Å²) in [4.78, 5) is 24.1. The minimum absolute atomic E-state index is 0.226. The minimum Gasteiger partial charge on any atom is -0.355 e. The highest BCUT2D eigenvalue weighted by Crippen LogP contribution is 2.09. The molecule has 0 fully saturated rings. The zero-order valence-electron chi connectivity index (χ0n) is 7.56. The molecule has 5 nitrogen and oxygen atoms in total. The fourth-order valence-electron chi connectivity index (χ4n) is 1.36. The predicted molar refractivity (Wildman–Crippen MR) is 56.6 cm³/mol. The van der Waals surface area contributed by atoms with E-state index in [1.807, 2.05) is 0 Å². The lowest BCUT2D eigenvalue weighted by molar-refractivity contribution is -0.386. The number of H-pyrrole nitrogens is 1. The fourth-order valence-corrected chi connectivity index (χ4v) is 1.36. The highest BCUT2D eigenvalue weighted by atomic mass is 16.6. The lowest BCUT2D eigenvalue weighted by atomic mass is 9.94. The number of nitro groups is 1. The zero-order chi connectivity index (χ0) is 11.0. The molecule has 0 spiro atoms. The van der Waals surface area contributed by atoms with Gasteiger partial charge < -0.3 is 4.98 Å². The number of hydrogen-bond acceptors (Lipinski definition) is 3. The van der Waals surface area contributed by atoms with E-state index in [4.69, 9.17) is 7.85 Å². The Morgan fingerprint density at radius 3 is 2.80 bits per heavy atom. The average molecular weight is 200 g/mol. The Hall–Kier alpha value is -2.11. The fraction of sp³-hybridized carbons (Fsp3) is 0. The van der Waals surface area contributed by atoms with Crippen molar-refractivity contribution in [2.45, 2.75) is 0 Å². The molecule has 0 aliphatic heterocycles. The van der Waals surface area contributed by atoms with Crippen molar-refractivity contribution in [1.82, 2.24) is 4.98 Å². The monoisotopic (exact) mass is 200 g/mol. The van der Waals surface area contributed by atoms with E-state index in [1.165, 1.54) is 6.07 Å². The third-order valence-electron chi connectivity index (χ3n) is 2.08. The molecule has 0 aliphatic carbocycles. The van der Waals surface area contributed by atoms with Crippen LogP contribution in [-0.4, -0.2) is 17.8 Å². The van der Waals surface area contributed by atoms with Gasteiger partial charge in [0.25, 0.3) is 5.43 Å². The quantitative estimate of drug-likeness (QED) is 0.406. The van der Waals surface area contributed by atoms with Crippen LogP contribution in [-0.2, 0) is 0 Å². The number of rotatable bonds is 1. The van der Waals surface area contributed by atoms with Crippen LogP contribution in [0.4, 0.5) is 5.69 Å². The van der Waals surface area contributed by atoms with Crippen molar-refractivity contribution in [2.75, 3.05) is 0 Å². The van der Waals surface area contributed by atoms with E-state index in [0.29, 0.717) is 11.0 Å². The molecule has 0 saturated carbocycles. The van der Waals surface area contributed by atoms with Crippen molar-refractivity contribution >= 4 is 29.9 Å². The van der Waals surface area contributed by atoms with Gasteiger partial charge in [-0.1, -0.05) is 17.6 Å². The summed E-state index contributed by atoms with van der Waals surface area (Å²) in [5.74, 6) is 0. The molecule has 0 atom stereocenters. The molecule has 0 saturated heterocycles. The van der Waals surface area contributed by atoms with Crippen LogP contribution in [0.15, 0.2) is 29.2 Å². The first-order chi connectivity index (χ1) is 7.09. The minimum atomic E-state index is -0.721. The number of hydrogen-bond donors (Lipinski definition) is 1. The molecule has 1 aromatic carbocycles. The van der Waals surface area contributed by atoms with Crippen molar-refractivity contribution in [3.63, 3.8) is 0 Å². The van der Waals surface area contributed by atoms with Gasteiger partial charge in [0.2, 0.25) is 0 Å². The van der Waals surface area contributed by atoms with Crippen LogP contribution in [0.2, 0.25) is 0 Å². The molecule has 1 N–H and O–H groups in total. The number of benzene rings is 1. The maximum absolute atomic E-state index is 11.6. The summed E-state index contributed by atoms with van der Waals surface area (Å²) in [6.07, 6.45) is 1.08. The van der Waals surface area contributed by atoms with Crippen LogP contribution in [0.1, 0.15) is 0 Å². The Labute approximate surface area is 85.3 Å². The van der Waals surface area contributed by atoms with Crippen molar-refractivity contribution in [2.24, 2.45) is 0 Å². The van der Waals surface area contributed by atoms with Gasteiger partial charge in [0.15, 0.2) is 0 Å². The van der Waals surface area contributed by atoms with Crippen molar-refractivity contribution < 1.29 is 4.92 Å². The molecule has 2 aromatic rings. The number of pyridine rings is 1. The second-order valence-electron chi connectivity index (χ2n) is 3.07. The Morgan fingerprint density at radius 2 is 2.13 bits per heavy atom. The predicted octanol–water partition coefficient (Wildman–Crippen LogP) is 0.230. The van der Waals surface area contributed by atoms with Gasteiger partial charge in [0, 0.05) is 5.52 Å². The van der Waals surface area contributed by atoms with Gasteiger partial charge in [-0.2, -0.15) is 0 Å². The highest BCUT2D eigenvalue weighted by molar-refractivity contribution is 6.33. The second-order valence-corrected chi connectivity index (χ2v) is 3.07. The summed E-state index contributed by atoms with van der Waals surface area (Å²) in [5, 5.41) is 10.7. The van der Waals surface area contributed by atoms with E-state index in [-0.39, 0.29) is 5.39 Å². The number of fused-ring (bicyclic) bond motifs is 1. The summed E-state index contributed by atoms with van der Waals surface area (Å²) >= 11 is 0. The van der Waals surface area contributed by atoms with Gasteiger partial charge in [-0.25, -0.2) is 0 Å². The van der Waals surface area contributed by atoms with Gasteiger partial charge in [-0.15, -0.1) is 0 Å². The van der Waals surface area contributed by atoms with Crippen molar-refractivity contribution in [3.8, 4) is 0 Å². The first-order valence-electron chi connectivity index (χ1n) is 4.15. The molecule has 2 rings (SSSR count). The number of nitrogens with zero attached hydrogens (tertiary/aromatic N) is 1. The maximum Gasteiger partial charge on any atom is 0.332 e. The summed E-state index contributed by atoms with van der Waals surface area (Å²) in [6.45, 7) is 0. The van der Waals surface area contributed by atoms with Gasteiger partial charge in [-0.05, 0) is 6.07 Å². The maximum atomic E-state index is 11.6. The third kappa shape index (κ3) is 1.50. The molecule has 1 heterocycles. The van der Waals surface area contributed by atoms with Crippen LogP contribution >= 0.6 is 0 Å². The first kappa shape index (κ1) is 9.45. The molecule has 0 aliphatic rings. The van der Waals surface area contributed by atoms with E-state index >= 15 is 0 Å². The Bertz CT molecular complexity index is 606. The molecular weight excluding hydrogens is 195 g/mol. The topological polar surface area (TPSA) is 76.0 Å². The van der Waals surface area contributed by atoms with Gasteiger partial charge in [0.1, 0.15) is 7.85 Å². The summed E-state index contributed by atoms with van der Waals surface area (Å²) in [6, 6.07) is 4.64. The molecule has 0 unspecified atom stereocenters. The third-order valence-corrected chi connectivity index (χ3v) is 2.08. The Morgan fingerprint density at radius 1 is 1.40 bits per heavy atom. The summed E-state index contributed by atoms with van der Waals surface area (Å²) < 4.78 is 0. The zero-order valence-corrected chi connectivity index (χ0v) is 7.56. The van der Waals surface area contributed by atoms with Crippen molar-refractivity contribution in [1.29, 1.82) is 0 Å². The Kier molecular flexibility index (Phi) is 2.04. The lowest BCUT2D eigenvalue weighted by Gasteiger charge is -1.98. The van der Waals surface area contributed by atoms with Crippen LogP contribution < -0.4 is 10.9 Å². The molecule has 0 amide bonds. The standard InChI is InChI=1S/C9H5BN2O3/c10-5-1-2-7-6(3-5)9(13)8(4-11-7)12(14)15/h1-4H,(H,11,13). The molecule has 6 heteroatoms. The van der Waals surface area contributed by atoms with Crippen LogP contribution in [0, 0.1) is 10.1 Å². The van der Waals surface area contributed by atoms with E-state index in [9.17, 15) is 14.9 Å². The Balaban J connectivity index is 2.89. The van der Waals surface area contributed by atoms with Gasteiger partial charge >= 0.3 is 5.69 Å². The number of nitrogens with one attached hydrogen (secondary N) is 1. The number of aromatic nitrogens is 1. The van der Waals surface area contributed by atoms with Gasteiger partial charge in [0.05, 0.1) is 16.5 Å². The smallest absolute Gasteiger partial charge is 0.332 e. The van der Waals surface area contributed by atoms with Gasteiger partial charge in [-0.3, -0.25) is 14.9 Å². The summed E-state index contributed by atoms with van der Waals surface area (Å²) in [7, 11) is 5.50. The highest BCUT2D eigenvalue weighted by Gasteiger charge is 2.13. The SMILES string of the molecule is [B]c1ccc2[nH]cc([N+](=O)[O-])c(=O)c2c1. The normalized spacial score (nSPS) is 10.4. The van der Waals surface area contributed by atoms with E-state index in [2.05, 4.69) is 4.98 Å². The van der Waals surface area contributed by atoms with E-state index < -0.39 is 16.0 Å².